The van der Waals surface area contributed by atoms with Crippen LogP contribution in [0.4, 0.5) is 0 Å². The van der Waals surface area contributed by atoms with Crippen molar-refractivity contribution in [3.63, 3.8) is 0 Å². The molecule has 4 saturated carbocycles. The van der Waals surface area contributed by atoms with Gasteiger partial charge in [0.2, 0.25) is 0 Å². The van der Waals surface area contributed by atoms with Gasteiger partial charge >= 0.3 is 0 Å². The predicted molar refractivity (Wildman–Crippen MR) is 89.4 cm³/mol. The van der Waals surface area contributed by atoms with Gasteiger partial charge in [-0.3, -0.25) is 0 Å². The molecule has 3 nitrogen and oxygen atoms in total. The Bertz CT molecular complexity index is 490. The lowest BCUT2D eigenvalue weighted by Gasteiger charge is -2.60. The van der Waals surface area contributed by atoms with E-state index in [1.54, 1.807) is 0 Å². The molecule has 124 valence electrons. The number of hydrazone groups is 1. The van der Waals surface area contributed by atoms with Crippen molar-refractivity contribution < 1.29 is 5.11 Å². The zero-order valence-electron chi connectivity index (χ0n) is 14.2. The lowest BCUT2D eigenvalue weighted by molar-refractivity contribution is -0.112. The first-order valence-electron chi connectivity index (χ1n) is 9.43. The van der Waals surface area contributed by atoms with Crippen molar-refractivity contribution >= 4 is 5.71 Å². The van der Waals surface area contributed by atoms with Gasteiger partial charge in [-0.1, -0.05) is 13.8 Å². The zero-order valence-corrected chi connectivity index (χ0v) is 14.2. The summed E-state index contributed by atoms with van der Waals surface area (Å²) in [6, 6.07) is 0. The Morgan fingerprint density at radius 2 is 1.77 bits per heavy atom. The molecule has 0 heterocycles. The molecule has 0 amide bonds. The summed E-state index contributed by atoms with van der Waals surface area (Å²) >= 11 is 0. The summed E-state index contributed by atoms with van der Waals surface area (Å²) in [6.45, 7) is 4.94. The fourth-order valence-electron chi connectivity index (χ4n) is 7.15. The van der Waals surface area contributed by atoms with E-state index in [0.29, 0.717) is 5.41 Å². The van der Waals surface area contributed by atoms with E-state index < -0.39 is 0 Å². The van der Waals surface area contributed by atoms with Crippen LogP contribution in [-0.4, -0.2) is 16.9 Å². The Kier molecular flexibility index (Phi) is 3.38. The molecule has 4 aliphatic carbocycles. The molecule has 0 aromatic rings. The highest BCUT2D eigenvalue weighted by Crippen LogP contribution is 2.65. The SMILES string of the molecule is C[C@]12CC/C(=N/N)C[C@@H]1CC[C@H]1[C@H]2CC[C@]2(C)[C@H](O)CC[C@H]12. The first-order chi connectivity index (χ1) is 10.5. The van der Waals surface area contributed by atoms with Crippen LogP contribution >= 0.6 is 0 Å². The first-order valence-corrected chi connectivity index (χ1v) is 9.43. The average Bonchev–Trinajstić information content (AvgIpc) is 2.82. The minimum Gasteiger partial charge on any atom is -0.393 e. The highest BCUT2D eigenvalue weighted by molar-refractivity contribution is 5.85. The fraction of sp³-hybridized carbons (Fsp3) is 0.947. The van der Waals surface area contributed by atoms with Crippen LogP contribution in [-0.2, 0) is 0 Å². The van der Waals surface area contributed by atoms with Crippen LogP contribution in [0, 0.1) is 34.5 Å². The number of rotatable bonds is 0. The highest BCUT2D eigenvalue weighted by Gasteiger charge is 2.59. The predicted octanol–water partition coefficient (Wildman–Crippen LogP) is 3.70. The molecular weight excluding hydrogens is 272 g/mol. The summed E-state index contributed by atoms with van der Waals surface area (Å²) in [7, 11) is 0. The van der Waals surface area contributed by atoms with Crippen molar-refractivity contribution in [1.29, 1.82) is 0 Å². The van der Waals surface area contributed by atoms with Crippen molar-refractivity contribution in [2.45, 2.75) is 77.7 Å². The highest BCUT2D eigenvalue weighted by atomic mass is 16.3. The van der Waals surface area contributed by atoms with E-state index in [0.717, 1.165) is 42.9 Å². The molecule has 4 fully saturated rings. The second-order valence-corrected chi connectivity index (χ2v) is 9.19. The monoisotopic (exact) mass is 304 g/mol. The molecule has 3 N–H and O–H groups in total. The van der Waals surface area contributed by atoms with Gasteiger partial charge in [-0.25, -0.2) is 0 Å². The zero-order chi connectivity index (χ0) is 15.5. The third-order valence-corrected chi connectivity index (χ3v) is 8.63. The summed E-state index contributed by atoms with van der Waals surface area (Å²) < 4.78 is 0. The Morgan fingerprint density at radius 1 is 1.00 bits per heavy atom. The molecule has 0 aliphatic heterocycles. The lowest BCUT2D eigenvalue weighted by atomic mass is 9.45. The minimum absolute atomic E-state index is 0.0497. The maximum Gasteiger partial charge on any atom is 0.0596 e. The number of fused-ring (bicyclic) bond motifs is 5. The van der Waals surface area contributed by atoms with Gasteiger partial charge in [0, 0.05) is 5.71 Å². The van der Waals surface area contributed by atoms with Crippen molar-refractivity contribution in [3.8, 4) is 0 Å². The second-order valence-electron chi connectivity index (χ2n) is 9.19. The molecule has 22 heavy (non-hydrogen) atoms. The number of nitrogens with two attached hydrogens (primary N) is 1. The molecule has 0 bridgehead atoms. The van der Waals surface area contributed by atoms with Gasteiger partial charge in [0.15, 0.2) is 0 Å². The van der Waals surface area contributed by atoms with E-state index in [-0.39, 0.29) is 11.5 Å². The van der Waals surface area contributed by atoms with Crippen LogP contribution < -0.4 is 5.84 Å². The number of hydrogen-bond donors (Lipinski definition) is 2. The summed E-state index contributed by atoms with van der Waals surface area (Å²) in [5.74, 6) is 8.85. The molecule has 4 rings (SSSR count). The Morgan fingerprint density at radius 3 is 2.55 bits per heavy atom. The van der Waals surface area contributed by atoms with Crippen LogP contribution in [0.3, 0.4) is 0 Å². The Labute approximate surface area is 134 Å². The largest absolute Gasteiger partial charge is 0.393 e. The standard InChI is InChI=1S/C19H32N2O/c1-18-9-7-13(21-20)11-12(18)3-4-14-15-5-6-17(22)19(15,2)10-8-16(14)18/h12,14-17,22H,3-11,20H2,1-2H3/b21-13-/t12-,14+,15+,16+,17+,18-,19-/m0/s1. The summed E-state index contributed by atoms with van der Waals surface area (Å²) in [5, 5.41) is 14.5. The molecule has 0 aromatic carbocycles. The normalized spacial score (nSPS) is 56.3. The van der Waals surface area contributed by atoms with E-state index in [2.05, 4.69) is 18.9 Å². The number of aliphatic hydroxyl groups is 1. The third kappa shape index (κ3) is 1.87. The topological polar surface area (TPSA) is 58.6 Å². The summed E-state index contributed by atoms with van der Waals surface area (Å²) in [6.07, 6.45) is 11.1. The molecule has 0 spiro atoms. The fourth-order valence-corrected chi connectivity index (χ4v) is 7.15. The summed E-state index contributed by atoms with van der Waals surface area (Å²) in [5.41, 5.74) is 1.95. The smallest absolute Gasteiger partial charge is 0.0596 e. The van der Waals surface area contributed by atoms with Gasteiger partial charge in [-0.2, -0.15) is 5.10 Å². The molecule has 0 aromatic heterocycles. The third-order valence-electron chi connectivity index (χ3n) is 8.63. The van der Waals surface area contributed by atoms with Gasteiger partial charge < -0.3 is 10.9 Å². The number of nitrogens with zero attached hydrogens (tertiary/aromatic N) is 1. The summed E-state index contributed by atoms with van der Waals surface area (Å²) in [4.78, 5) is 0. The van der Waals surface area contributed by atoms with Gasteiger partial charge in [-0.15, -0.1) is 0 Å². The van der Waals surface area contributed by atoms with Crippen LogP contribution in [0.1, 0.15) is 71.6 Å². The van der Waals surface area contributed by atoms with Gasteiger partial charge in [0.05, 0.1) is 6.10 Å². The first kappa shape index (κ1) is 15.0. The molecule has 0 radical (unpaired) electrons. The molecule has 7 atom stereocenters. The molecular formula is C19H32N2O. The number of aliphatic hydroxyl groups excluding tert-OH is 1. The van der Waals surface area contributed by atoms with E-state index in [1.807, 2.05) is 0 Å². The Hall–Kier alpha value is -0.570. The van der Waals surface area contributed by atoms with E-state index >= 15 is 0 Å². The number of hydrogen-bond acceptors (Lipinski definition) is 3. The van der Waals surface area contributed by atoms with Gasteiger partial charge in [0.1, 0.15) is 0 Å². The van der Waals surface area contributed by atoms with Crippen LogP contribution in [0.5, 0.6) is 0 Å². The van der Waals surface area contributed by atoms with Gasteiger partial charge in [-0.05, 0) is 92.3 Å². The minimum atomic E-state index is -0.0497. The quantitative estimate of drug-likeness (QED) is 0.529. The van der Waals surface area contributed by atoms with Gasteiger partial charge in [0.25, 0.3) is 0 Å². The van der Waals surface area contributed by atoms with Crippen molar-refractivity contribution in [2.24, 2.45) is 45.4 Å². The molecule has 0 saturated heterocycles. The average molecular weight is 304 g/mol. The Balaban J connectivity index is 1.62. The molecule has 4 aliphatic rings. The lowest BCUT2D eigenvalue weighted by Crippen LogP contribution is -2.54. The molecule has 3 heteroatoms. The van der Waals surface area contributed by atoms with Crippen molar-refractivity contribution in [2.75, 3.05) is 0 Å². The maximum absolute atomic E-state index is 10.5. The maximum atomic E-state index is 10.5. The van der Waals surface area contributed by atoms with E-state index in [4.69, 9.17) is 5.84 Å². The van der Waals surface area contributed by atoms with Crippen molar-refractivity contribution in [3.05, 3.63) is 0 Å². The van der Waals surface area contributed by atoms with Crippen LogP contribution in [0.25, 0.3) is 0 Å². The molecule has 0 unspecified atom stereocenters. The van der Waals surface area contributed by atoms with E-state index in [1.165, 1.54) is 44.2 Å². The second kappa shape index (κ2) is 4.96. The van der Waals surface area contributed by atoms with Crippen LogP contribution in [0.2, 0.25) is 0 Å². The van der Waals surface area contributed by atoms with Crippen LogP contribution in [0.15, 0.2) is 5.10 Å². The van der Waals surface area contributed by atoms with E-state index in [9.17, 15) is 5.11 Å². The van der Waals surface area contributed by atoms with Crippen molar-refractivity contribution in [1.82, 2.24) is 0 Å².